The number of piperidine rings is 1. The molecule has 0 saturated carbocycles. The molecular weight excluding hydrogens is 190 g/mol. The Labute approximate surface area is 90.2 Å². The SMILES string of the molecule is CCN1CCC[C@H](n2cc(CN)nn2)C1. The molecular formula is C10H19N5. The lowest BCUT2D eigenvalue weighted by Crippen LogP contribution is -2.36. The molecule has 1 saturated heterocycles. The molecule has 15 heavy (non-hydrogen) atoms. The van der Waals surface area contributed by atoms with E-state index in [9.17, 15) is 0 Å². The number of hydrogen-bond acceptors (Lipinski definition) is 4. The van der Waals surface area contributed by atoms with Crippen molar-refractivity contribution < 1.29 is 0 Å². The third kappa shape index (κ3) is 2.35. The van der Waals surface area contributed by atoms with Gasteiger partial charge in [-0.25, -0.2) is 4.68 Å². The average molecular weight is 209 g/mol. The molecule has 5 nitrogen and oxygen atoms in total. The number of rotatable bonds is 3. The molecule has 1 aromatic heterocycles. The van der Waals surface area contributed by atoms with Crippen molar-refractivity contribution >= 4 is 0 Å². The lowest BCUT2D eigenvalue weighted by Gasteiger charge is -2.31. The summed E-state index contributed by atoms with van der Waals surface area (Å²) in [4.78, 5) is 2.46. The Balaban J connectivity index is 2.03. The highest BCUT2D eigenvalue weighted by Gasteiger charge is 2.20. The van der Waals surface area contributed by atoms with E-state index in [0.717, 1.165) is 18.8 Å². The summed E-state index contributed by atoms with van der Waals surface area (Å²) < 4.78 is 1.98. The normalized spacial score (nSPS) is 23.2. The van der Waals surface area contributed by atoms with Gasteiger partial charge in [-0.2, -0.15) is 0 Å². The zero-order chi connectivity index (χ0) is 10.7. The van der Waals surface area contributed by atoms with Crippen LogP contribution in [-0.4, -0.2) is 39.5 Å². The third-order valence-electron chi connectivity index (χ3n) is 3.07. The van der Waals surface area contributed by atoms with Gasteiger partial charge in [-0.05, 0) is 25.9 Å². The van der Waals surface area contributed by atoms with E-state index in [0.29, 0.717) is 12.6 Å². The fraction of sp³-hybridized carbons (Fsp3) is 0.800. The minimum absolute atomic E-state index is 0.476. The number of likely N-dealkylation sites (tertiary alicyclic amines) is 1. The van der Waals surface area contributed by atoms with Crippen molar-refractivity contribution in [3.63, 3.8) is 0 Å². The van der Waals surface area contributed by atoms with Crippen LogP contribution in [0.25, 0.3) is 0 Å². The molecule has 0 aromatic carbocycles. The molecule has 0 aliphatic carbocycles. The first-order chi connectivity index (χ1) is 7.33. The van der Waals surface area contributed by atoms with Crippen LogP contribution in [0.5, 0.6) is 0 Å². The molecule has 0 unspecified atom stereocenters. The quantitative estimate of drug-likeness (QED) is 0.782. The minimum Gasteiger partial charge on any atom is -0.325 e. The third-order valence-corrected chi connectivity index (χ3v) is 3.07. The Kier molecular flexibility index (Phi) is 3.33. The number of likely N-dealkylation sites (N-methyl/N-ethyl adjacent to an activating group) is 1. The molecule has 2 rings (SSSR count). The van der Waals surface area contributed by atoms with Crippen LogP contribution in [-0.2, 0) is 6.54 Å². The fourth-order valence-corrected chi connectivity index (χ4v) is 2.12. The average Bonchev–Trinajstić information content (AvgIpc) is 2.78. The van der Waals surface area contributed by atoms with Crippen molar-refractivity contribution in [2.75, 3.05) is 19.6 Å². The lowest BCUT2D eigenvalue weighted by molar-refractivity contribution is 0.176. The molecule has 0 bridgehead atoms. The van der Waals surface area contributed by atoms with Crippen molar-refractivity contribution in [1.29, 1.82) is 0 Å². The maximum atomic E-state index is 5.52. The van der Waals surface area contributed by atoms with Crippen LogP contribution in [0.15, 0.2) is 6.20 Å². The van der Waals surface area contributed by atoms with Crippen LogP contribution >= 0.6 is 0 Å². The van der Waals surface area contributed by atoms with Gasteiger partial charge in [0.1, 0.15) is 0 Å². The van der Waals surface area contributed by atoms with Gasteiger partial charge in [0.2, 0.25) is 0 Å². The van der Waals surface area contributed by atoms with Crippen molar-refractivity contribution in [3.8, 4) is 0 Å². The van der Waals surface area contributed by atoms with E-state index in [1.165, 1.54) is 19.4 Å². The summed E-state index contributed by atoms with van der Waals surface area (Å²) in [7, 11) is 0. The molecule has 1 fully saturated rings. The smallest absolute Gasteiger partial charge is 0.0962 e. The van der Waals surface area contributed by atoms with Gasteiger partial charge < -0.3 is 10.6 Å². The Bertz CT molecular complexity index is 309. The predicted molar refractivity (Wildman–Crippen MR) is 58.3 cm³/mol. The first-order valence-corrected chi connectivity index (χ1v) is 5.66. The number of nitrogens with two attached hydrogens (primary N) is 1. The monoisotopic (exact) mass is 209 g/mol. The largest absolute Gasteiger partial charge is 0.325 e. The lowest BCUT2D eigenvalue weighted by atomic mass is 10.1. The van der Waals surface area contributed by atoms with Crippen LogP contribution in [0.3, 0.4) is 0 Å². The van der Waals surface area contributed by atoms with Crippen LogP contribution in [0.2, 0.25) is 0 Å². The van der Waals surface area contributed by atoms with E-state index in [1.54, 1.807) is 0 Å². The first kappa shape index (κ1) is 10.6. The van der Waals surface area contributed by atoms with Crippen molar-refractivity contribution in [2.24, 2.45) is 5.73 Å². The van der Waals surface area contributed by atoms with Gasteiger partial charge in [0.05, 0.1) is 17.9 Å². The zero-order valence-corrected chi connectivity index (χ0v) is 9.26. The van der Waals surface area contributed by atoms with Crippen LogP contribution < -0.4 is 5.73 Å². The van der Waals surface area contributed by atoms with Crippen molar-refractivity contribution in [2.45, 2.75) is 32.4 Å². The Morgan fingerprint density at radius 1 is 1.60 bits per heavy atom. The Hall–Kier alpha value is -0.940. The van der Waals surface area contributed by atoms with Crippen molar-refractivity contribution in [1.82, 2.24) is 19.9 Å². The van der Waals surface area contributed by atoms with Crippen LogP contribution in [0.1, 0.15) is 31.5 Å². The Morgan fingerprint density at radius 2 is 2.47 bits per heavy atom. The minimum atomic E-state index is 0.476. The van der Waals surface area contributed by atoms with Crippen LogP contribution in [0.4, 0.5) is 0 Å². The molecule has 0 spiro atoms. The first-order valence-electron chi connectivity index (χ1n) is 5.66. The highest BCUT2D eigenvalue weighted by molar-refractivity contribution is 4.93. The highest BCUT2D eigenvalue weighted by atomic mass is 15.4. The summed E-state index contributed by atoms with van der Waals surface area (Å²) in [5.74, 6) is 0. The predicted octanol–water partition coefficient (Wildman–Crippen LogP) is 0.394. The maximum absolute atomic E-state index is 5.52. The van der Waals surface area contributed by atoms with Gasteiger partial charge in [0, 0.05) is 13.1 Å². The van der Waals surface area contributed by atoms with Gasteiger partial charge in [-0.1, -0.05) is 12.1 Å². The number of nitrogens with zero attached hydrogens (tertiary/aromatic N) is 4. The van der Waals surface area contributed by atoms with E-state index in [4.69, 9.17) is 5.73 Å². The molecule has 1 aliphatic rings. The molecule has 5 heteroatoms. The molecule has 1 aliphatic heterocycles. The number of hydrogen-bond donors (Lipinski definition) is 1. The second-order valence-corrected chi connectivity index (χ2v) is 4.08. The second kappa shape index (κ2) is 4.72. The van der Waals surface area contributed by atoms with Gasteiger partial charge in [0.15, 0.2) is 0 Å². The van der Waals surface area contributed by atoms with E-state index >= 15 is 0 Å². The summed E-state index contributed by atoms with van der Waals surface area (Å²) in [5, 5.41) is 8.17. The zero-order valence-electron chi connectivity index (χ0n) is 9.26. The highest BCUT2D eigenvalue weighted by Crippen LogP contribution is 2.20. The summed E-state index contributed by atoms with van der Waals surface area (Å²) in [5.41, 5.74) is 6.40. The summed E-state index contributed by atoms with van der Waals surface area (Å²) in [6.45, 7) is 6.10. The molecule has 1 atom stereocenters. The van der Waals surface area contributed by atoms with Crippen molar-refractivity contribution in [3.05, 3.63) is 11.9 Å². The van der Waals surface area contributed by atoms with Crippen LogP contribution in [0, 0.1) is 0 Å². The fourth-order valence-electron chi connectivity index (χ4n) is 2.12. The summed E-state index contributed by atoms with van der Waals surface area (Å²) in [6, 6.07) is 0.478. The molecule has 0 amide bonds. The second-order valence-electron chi connectivity index (χ2n) is 4.08. The molecule has 2 heterocycles. The summed E-state index contributed by atoms with van der Waals surface area (Å²) >= 11 is 0. The van der Waals surface area contributed by atoms with Gasteiger partial charge in [-0.15, -0.1) is 5.10 Å². The van der Waals surface area contributed by atoms with E-state index in [2.05, 4.69) is 22.1 Å². The van der Waals surface area contributed by atoms with E-state index in [-0.39, 0.29) is 0 Å². The molecule has 84 valence electrons. The standard InChI is InChI=1S/C10H19N5/c1-2-14-5-3-4-10(8-14)15-7-9(6-11)12-13-15/h7,10H,2-6,8,11H2,1H3/t10-/m0/s1. The van der Waals surface area contributed by atoms with E-state index < -0.39 is 0 Å². The maximum Gasteiger partial charge on any atom is 0.0962 e. The van der Waals surface area contributed by atoms with Gasteiger partial charge in [-0.3, -0.25) is 0 Å². The Morgan fingerprint density at radius 3 is 3.13 bits per heavy atom. The molecule has 1 aromatic rings. The summed E-state index contributed by atoms with van der Waals surface area (Å²) in [6.07, 6.45) is 4.42. The topological polar surface area (TPSA) is 60.0 Å². The van der Waals surface area contributed by atoms with Gasteiger partial charge >= 0.3 is 0 Å². The molecule has 2 N–H and O–H groups in total. The van der Waals surface area contributed by atoms with Gasteiger partial charge in [0.25, 0.3) is 0 Å². The van der Waals surface area contributed by atoms with E-state index in [1.807, 2.05) is 10.9 Å². The molecule has 0 radical (unpaired) electrons. The number of aromatic nitrogens is 3.